The van der Waals surface area contributed by atoms with E-state index in [1.165, 1.54) is 6.92 Å². The Morgan fingerprint density at radius 1 is 1.89 bits per heavy atom. The molecule has 0 aliphatic rings. The van der Waals surface area contributed by atoms with Gasteiger partial charge >= 0.3 is 5.37 Å². The zero-order chi connectivity index (χ0) is 7.44. The van der Waals surface area contributed by atoms with Crippen LogP contribution in [0.4, 0.5) is 0 Å². The van der Waals surface area contributed by atoms with Gasteiger partial charge in [-0.3, -0.25) is 10.1 Å². The van der Waals surface area contributed by atoms with Crippen LogP contribution in [0.25, 0.3) is 0 Å². The zero-order valence-corrected chi connectivity index (χ0v) is 5.63. The largest absolute Gasteiger partial charge is 0.309 e. The van der Waals surface area contributed by atoms with Crippen LogP contribution in [0.2, 0.25) is 0 Å². The Bertz CT molecular complexity index is 122. The van der Waals surface area contributed by atoms with E-state index in [-0.39, 0.29) is 6.42 Å². The van der Waals surface area contributed by atoms with Crippen molar-refractivity contribution in [1.29, 1.82) is 0 Å². The van der Waals surface area contributed by atoms with Gasteiger partial charge in [-0.05, 0) is 0 Å². The van der Waals surface area contributed by atoms with Crippen LogP contribution in [0.15, 0.2) is 0 Å². The molecule has 54 valence electrons. The second-order valence-electron chi connectivity index (χ2n) is 1.42. The van der Waals surface area contributed by atoms with E-state index in [4.69, 9.17) is 4.55 Å². The molecule has 0 radical (unpaired) electrons. The summed E-state index contributed by atoms with van der Waals surface area (Å²) in [5.41, 5.74) is 0. The van der Waals surface area contributed by atoms with Crippen molar-refractivity contribution in [2.75, 3.05) is 0 Å². The fraction of sp³-hybridized carbons (Fsp3) is 1.00. The lowest BCUT2D eigenvalue weighted by molar-refractivity contribution is -0.497. The molecule has 1 N–H and O–H groups in total. The highest BCUT2D eigenvalue weighted by Crippen LogP contribution is 1.98. The van der Waals surface area contributed by atoms with Crippen LogP contribution >= 0.6 is 0 Å². The number of nitro groups is 1. The standard InChI is InChI=1S/C3H7NO4S/c1-2-3(4(5)6)9(7)8/h3H,2H2,1H3,(H,7,8)/t3-/m0/s1. The summed E-state index contributed by atoms with van der Waals surface area (Å²) >= 11 is -2.33. The lowest BCUT2D eigenvalue weighted by atomic mass is 10.5. The summed E-state index contributed by atoms with van der Waals surface area (Å²) in [6.07, 6.45) is 0.0795. The zero-order valence-electron chi connectivity index (χ0n) is 4.81. The average Bonchev–Trinajstić information content (AvgIpc) is 1.64. The summed E-state index contributed by atoms with van der Waals surface area (Å²) in [6, 6.07) is 0. The van der Waals surface area contributed by atoms with E-state index in [9.17, 15) is 14.3 Å². The van der Waals surface area contributed by atoms with Crippen molar-refractivity contribution in [3.05, 3.63) is 10.1 Å². The van der Waals surface area contributed by atoms with E-state index >= 15 is 0 Å². The van der Waals surface area contributed by atoms with Crippen LogP contribution in [-0.4, -0.2) is 19.1 Å². The van der Waals surface area contributed by atoms with Gasteiger partial charge in [-0.25, -0.2) is 4.21 Å². The van der Waals surface area contributed by atoms with Crippen LogP contribution in [0.3, 0.4) is 0 Å². The minimum atomic E-state index is -2.33. The smallest absolute Gasteiger partial charge is 0.301 e. The molecular formula is C3H7NO4S. The molecule has 2 atom stereocenters. The van der Waals surface area contributed by atoms with E-state index < -0.39 is 21.4 Å². The average molecular weight is 153 g/mol. The molecule has 0 spiro atoms. The Hall–Kier alpha value is -0.490. The lowest BCUT2D eigenvalue weighted by Crippen LogP contribution is -2.23. The molecule has 6 heteroatoms. The monoisotopic (exact) mass is 153 g/mol. The molecule has 0 aliphatic carbocycles. The van der Waals surface area contributed by atoms with Crippen LogP contribution in [0.5, 0.6) is 0 Å². The van der Waals surface area contributed by atoms with Crippen molar-refractivity contribution < 1.29 is 13.7 Å². The third-order valence-corrected chi connectivity index (χ3v) is 1.79. The molecule has 1 unspecified atom stereocenters. The van der Waals surface area contributed by atoms with E-state index in [0.29, 0.717) is 0 Å². The van der Waals surface area contributed by atoms with Gasteiger partial charge in [-0.15, -0.1) is 0 Å². The highest BCUT2D eigenvalue weighted by molar-refractivity contribution is 7.79. The Kier molecular flexibility index (Phi) is 3.33. The van der Waals surface area contributed by atoms with Gasteiger partial charge in [-0.2, -0.15) is 0 Å². The van der Waals surface area contributed by atoms with Gasteiger partial charge in [0.05, 0.1) is 0 Å². The van der Waals surface area contributed by atoms with E-state index in [1.807, 2.05) is 0 Å². The summed E-state index contributed by atoms with van der Waals surface area (Å²) < 4.78 is 18.3. The number of hydrogen-bond donors (Lipinski definition) is 1. The maximum atomic E-state index is 10.0. The van der Waals surface area contributed by atoms with Crippen LogP contribution in [0, 0.1) is 10.1 Å². The summed E-state index contributed by atoms with van der Waals surface area (Å²) in [6.45, 7) is 1.49. The molecule has 5 nitrogen and oxygen atoms in total. The Labute approximate surface area is 54.5 Å². The normalized spacial score (nSPS) is 16.7. The van der Waals surface area contributed by atoms with Crippen molar-refractivity contribution in [2.24, 2.45) is 0 Å². The van der Waals surface area contributed by atoms with Gasteiger partial charge in [0, 0.05) is 11.3 Å². The molecule has 0 saturated heterocycles. The SMILES string of the molecule is CC[C@@H]([N+](=O)[O-])S(=O)O. The predicted octanol–water partition coefficient (Wildman–Crippen LogP) is 0.221. The predicted molar refractivity (Wildman–Crippen MR) is 31.8 cm³/mol. The van der Waals surface area contributed by atoms with Crippen molar-refractivity contribution in [1.82, 2.24) is 0 Å². The Morgan fingerprint density at radius 3 is 2.33 bits per heavy atom. The molecule has 0 heterocycles. The molecule has 0 aliphatic heterocycles. The highest BCUT2D eigenvalue weighted by Gasteiger charge is 2.23. The van der Waals surface area contributed by atoms with Gasteiger partial charge in [0.1, 0.15) is 0 Å². The number of nitrogens with zero attached hydrogens (tertiary/aromatic N) is 1. The topological polar surface area (TPSA) is 80.4 Å². The molecule has 0 saturated carbocycles. The fourth-order valence-electron chi connectivity index (χ4n) is 0.365. The van der Waals surface area contributed by atoms with Gasteiger partial charge < -0.3 is 4.55 Å². The summed E-state index contributed by atoms with van der Waals surface area (Å²) in [4.78, 5) is 9.07. The molecule has 0 aromatic rings. The van der Waals surface area contributed by atoms with Gasteiger partial charge in [0.2, 0.25) is 11.1 Å². The lowest BCUT2D eigenvalue weighted by Gasteiger charge is -1.98. The first kappa shape index (κ1) is 8.51. The molecule has 9 heavy (non-hydrogen) atoms. The maximum absolute atomic E-state index is 10.0. The van der Waals surface area contributed by atoms with Crippen molar-refractivity contribution in [2.45, 2.75) is 18.7 Å². The minimum Gasteiger partial charge on any atom is -0.301 e. The number of hydrogen-bond acceptors (Lipinski definition) is 3. The van der Waals surface area contributed by atoms with Crippen molar-refractivity contribution in [3.8, 4) is 0 Å². The first-order chi connectivity index (χ1) is 4.09. The second kappa shape index (κ2) is 3.52. The van der Waals surface area contributed by atoms with E-state index in [1.54, 1.807) is 0 Å². The number of rotatable bonds is 3. The molecule has 0 aromatic carbocycles. The molecule has 0 rings (SSSR count). The minimum absolute atomic E-state index is 0.0795. The quantitative estimate of drug-likeness (QED) is 0.357. The maximum Gasteiger partial charge on any atom is 0.309 e. The summed E-state index contributed by atoms with van der Waals surface area (Å²) in [5, 5.41) is 8.50. The van der Waals surface area contributed by atoms with Gasteiger partial charge in [-0.1, -0.05) is 6.92 Å². The third-order valence-electron chi connectivity index (χ3n) is 0.817. The summed E-state index contributed by atoms with van der Waals surface area (Å²) in [5.74, 6) is 0. The highest BCUT2D eigenvalue weighted by atomic mass is 32.2. The van der Waals surface area contributed by atoms with E-state index in [0.717, 1.165) is 0 Å². The Balaban J connectivity index is 3.99. The van der Waals surface area contributed by atoms with Crippen LogP contribution < -0.4 is 0 Å². The first-order valence-electron chi connectivity index (χ1n) is 2.32. The fourth-order valence-corrected chi connectivity index (χ4v) is 0.798. The van der Waals surface area contributed by atoms with Crippen molar-refractivity contribution in [3.63, 3.8) is 0 Å². The van der Waals surface area contributed by atoms with E-state index in [2.05, 4.69) is 0 Å². The first-order valence-corrected chi connectivity index (χ1v) is 3.49. The van der Waals surface area contributed by atoms with Crippen LogP contribution in [0.1, 0.15) is 13.3 Å². The third kappa shape index (κ3) is 2.52. The van der Waals surface area contributed by atoms with Crippen molar-refractivity contribution >= 4 is 11.1 Å². The molecular weight excluding hydrogens is 146 g/mol. The molecule has 0 amide bonds. The second-order valence-corrected chi connectivity index (χ2v) is 2.52. The molecule has 0 fully saturated rings. The van der Waals surface area contributed by atoms with Gasteiger partial charge in [0.15, 0.2) is 0 Å². The molecule has 0 aromatic heterocycles. The van der Waals surface area contributed by atoms with Gasteiger partial charge in [0.25, 0.3) is 0 Å². The Morgan fingerprint density at radius 2 is 2.33 bits per heavy atom. The summed E-state index contributed by atoms with van der Waals surface area (Å²) in [7, 11) is 0. The van der Waals surface area contributed by atoms with Crippen LogP contribution in [-0.2, 0) is 11.1 Å². The molecule has 0 bridgehead atoms.